The van der Waals surface area contributed by atoms with Crippen LogP contribution in [-0.4, -0.2) is 45.2 Å². The van der Waals surface area contributed by atoms with E-state index in [1.54, 1.807) is 11.5 Å². The third-order valence-corrected chi connectivity index (χ3v) is 4.20. The molecule has 0 spiro atoms. The third kappa shape index (κ3) is 4.60. The van der Waals surface area contributed by atoms with Gasteiger partial charge in [-0.3, -0.25) is 14.7 Å². The number of ether oxygens (including phenoxy) is 1. The van der Waals surface area contributed by atoms with Crippen LogP contribution in [-0.2, 0) is 16.1 Å². The number of rotatable bonds is 8. The molecule has 0 saturated carbocycles. The zero-order valence-electron chi connectivity index (χ0n) is 13.2. The van der Waals surface area contributed by atoms with Gasteiger partial charge >= 0.3 is 11.7 Å². The van der Waals surface area contributed by atoms with Crippen molar-refractivity contribution in [1.82, 2.24) is 20.1 Å². The molecule has 2 N–H and O–H groups in total. The molecule has 1 atom stereocenters. The Labute approximate surface area is 128 Å². The van der Waals surface area contributed by atoms with E-state index >= 15 is 0 Å². The molecule has 1 aromatic heterocycles. The van der Waals surface area contributed by atoms with Crippen LogP contribution in [0.5, 0.6) is 0 Å². The molecule has 0 saturated heterocycles. The van der Waals surface area contributed by atoms with Gasteiger partial charge in [-0.1, -0.05) is 18.7 Å². The summed E-state index contributed by atoms with van der Waals surface area (Å²) in [5.41, 5.74) is -1.06. The molecule has 1 aromatic rings. The lowest BCUT2D eigenvalue weighted by molar-refractivity contribution is -0.147. The van der Waals surface area contributed by atoms with Gasteiger partial charge in [-0.25, -0.2) is 9.89 Å². The summed E-state index contributed by atoms with van der Waals surface area (Å²) >= 11 is 1.36. The first-order chi connectivity index (χ1) is 9.84. The van der Waals surface area contributed by atoms with Gasteiger partial charge in [0.1, 0.15) is 5.54 Å². The van der Waals surface area contributed by atoms with Gasteiger partial charge in [0.05, 0.1) is 7.11 Å². The van der Waals surface area contributed by atoms with Gasteiger partial charge in [0.15, 0.2) is 5.16 Å². The Morgan fingerprint density at radius 2 is 2.24 bits per heavy atom. The predicted octanol–water partition coefficient (Wildman–Crippen LogP) is 1.00. The van der Waals surface area contributed by atoms with Crippen LogP contribution in [0, 0.1) is 0 Å². The SMILES string of the molecule is CCCn1c(SCC(C)(NC(C)C)C(=O)OC)n[nH]c1=O. The van der Waals surface area contributed by atoms with Crippen molar-refractivity contribution in [1.29, 1.82) is 0 Å². The van der Waals surface area contributed by atoms with Gasteiger partial charge in [0.25, 0.3) is 0 Å². The average Bonchev–Trinajstić information content (AvgIpc) is 2.76. The summed E-state index contributed by atoms with van der Waals surface area (Å²) < 4.78 is 6.46. The zero-order valence-corrected chi connectivity index (χ0v) is 14.0. The van der Waals surface area contributed by atoms with Crippen LogP contribution in [0.1, 0.15) is 34.1 Å². The quantitative estimate of drug-likeness (QED) is 0.549. The maximum absolute atomic E-state index is 12.0. The van der Waals surface area contributed by atoms with Crippen LogP contribution in [0.3, 0.4) is 0 Å². The van der Waals surface area contributed by atoms with Crippen molar-refractivity contribution in [3.63, 3.8) is 0 Å². The van der Waals surface area contributed by atoms with E-state index in [0.29, 0.717) is 17.5 Å². The van der Waals surface area contributed by atoms with Gasteiger partial charge in [-0.05, 0) is 27.2 Å². The summed E-state index contributed by atoms with van der Waals surface area (Å²) in [5, 5.41) is 10.3. The lowest BCUT2D eigenvalue weighted by Crippen LogP contribution is -2.55. The minimum atomic E-state index is -0.834. The fourth-order valence-corrected chi connectivity index (χ4v) is 3.12. The van der Waals surface area contributed by atoms with Crippen molar-refractivity contribution in [2.24, 2.45) is 0 Å². The number of nitrogens with one attached hydrogen (secondary N) is 2. The molecule has 0 aliphatic heterocycles. The first-order valence-corrected chi connectivity index (χ1v) is 7.96. The molecule has 21 heavy (non-hydrogen) atoms. The van der Waals surface area contributed by atoms with E-state index in [2.05, 4.69) is 15.5 Å². The molecule has 8 heteroatoms. The van der Waals surface area contributed by atoms with E-state index in [1.165, 1.54) is 18.9 Å². The average molecular weight is 316 g/mol. The minimum Gasteiger partial charge on any atom is -0.468 e. The van der Waals surface area contributed by atoms with E-state index in [1.807, 2.05) is 20.8 Å². The highest BCUT2D eigenvalue weighted by Gasteiger charge is 2.35. The van der Waals surface area contributed by atoms with Crippen LogP contribution in [0.2, 0.25) is 0 Å². The molecule has 7 nitrogen and oxygen atoms in total. The molecule has 1 rings (SSSR count). The highest BCUT2D eigenvalue weighted by Crippen LogP contribution is 2.21. The number of hydrogen-bond donors (Lipinski definition) is 2. The summed E-state index contributed by atoms with van der Waals surface area (Å²) in [6.45, 7) is 8.32. The van der Waals surface area contributed by atoms with Crippen molar-refractivity contribution in [3.05, 3.63) is 10.5 Å². The Bertz CT molecular complexity index is 526. The smallest absolute Gasteiger partial charge is 0.343 e. The summed E-state index contributed by atoms with van der Waals surface area (Å²) in [6, 6.07) is 0.131. The van der Waals surface area contributed by atoms with Crippen LogP contribution in [0.15, 0.2) is 9.95 Å². The predicted molar refractivity (Wildman–Crippen MR) is 82.6 cm³/mol. The second-order valence-corrected chi connectivity index (χ2v) is 6.32. The van der Waals surface area contributed by atoms with E-state index in [0.717, 1.165) is 6.42 Å². The van der Waals surface area contributed by atoms with Crippen molar-refractivity contribution in [2.75, 3.05) is 12.9 Å². The number of H-pyrrole nitrogens is 1. The van der Waals surface area contributed by atoms with Crippen LogP contribution >= 0.6 is 11.8 Å². The monoisotopic (exact) mass is 316 g/mol. The maximum Gasteiger partial charge on any atom is 0.343 e. The Morgan fingerprint density at radius 1 is 1.57 bits per heavy atom. The van der Waals surface area contributed by atoms with Crippen LogP contribution in [0.4, 0.5) is 0 Å². The van der Waals surface area contributed by atoms with Gasteiger partial charge in [-0.15, -0.1) is 5.10 Å². The van der Waals surface area contributed by atoms with Gasteiger partial charge < -0.3 is 4.74 Å². The number of nitrogens with zero attached hydrogens (tertiary/aromatic N) is 2. The second kappa shape index (κ2) is 7.65. The number of hydrogen-bond acceptors (Lipinski definition) is 6. The molecule has 0 aliphatic carbocycles. The Balaban J connectivity index is 2.87. The topological polar surface area (TPSA) is 89.0 Å². The second-order valence-electron chi connectivity index (χ2n) is 5.37. The van der Waals surface area contributed by atoms with E-state index in [9.17, 15) is 9.59 Å². The minimum absolute atomic E-state index is 0.131. The first-order valence-electron chi connectivity index (χ1n) is 6.98. The molecule has 0 radical (unpaired) electrons. The molecule has 0 amide bonds. The number of aromatic amines is 1. The van der Waals surface area contributed by atoms with Crippen molar-refractivity contribution < 1.29 is 9.53 Å². The fourth-order valence-electron chi connectivity index (χ4n) is 2.07. The van der Waals surface area contributed by atoms with E-state index in [-0.39, 0.29) is 17.7 Å². The molecule has 120 valence electrons. The van der Waals surface area contributed by atoms with Crippen LogP contribution in [0.25, 0.3) is 0 Å². The van der Waals surface area contributed by atoms with Gasteiger partial charge in [0, 0.05) is 18.3 Å². The largest absolute Gasteiger partial charge is 0.468 e. The van der Waals surface area contributed by atoms with Crippen LogP contribution < -0.4 is 11.0 Å². The third-order valence-electron chi connectivity index (χ3n) is 2.90. The molecule has 0 bridgehead atoms. The van der Waals surface area contributed by atoms with Crippen molar-refractivity contribution in [2.45, 2.75) is 57.4 Å². The Morgan fingerprint density at radius 3 is 2.76 bits per heavy atom. The lowest BCUT2D eigenvalue weighted by Gasteiger charge is -2.29. The molecular weight excluding hydrogens is 292 g/mol. The Kier molecular flexibility index (Phi) is 6.47. The number of carbonyl (C=O) groups is 1. The molecule has 0 fully saturated rings. The highest BCUT2D eigenvalue weighted by atomic mass is 32.2. The molecule has 0 aromatic carbocycles. The number of aromatic nitrogens is 3. The van der Waals surface area contributed by atoms with Gasteiger partial charge in [0.2, 0.25) is 0 Å². The molecule has 1 heterocycles. The van der Waals surface area contributed by atoms with Gasteiger partial charge in [-0.2, -0.15) is 0 Å². The summed E-state index contributed by atoms with van der Waals surface area (Å²) in [7, 11) is 1.37. The number of esters is 1. The number of methoxy groups -OCH3 is 1. The number of thioether (sulfide) groups is 1. The normalized spacial score (nSPS) is 14.2. The van der Waals surface area contributed by atoms with E-state index in [4.69, 9.17) is 4.74 Å². The zero-order chi connectivity index (χ0) is 16.0. The summed E-state index contributed by atoms with van der Waals surface area (Å²) in [4.78, 5) is 23.7. The molecule has 1 unspecified atom stereocenters. The number of carbonyl (C=O) groups excluding carboxylic acids is 1. The van der Waals surface area contributed by atoms with Crippen molar-refractivity contribution in [3.8, 4) is 0 Å². The molecular formula is C13H24N4O3S. The Hall–Kier alpha value is -1.28. The fraction of sp³-hybridized carbons (Fsp3) is 0.769. The standard InChI is InChI=1S/C13H24N4O3S/c1-6-7-17-11(19)15-16-12(17)21-8-13(4,10(18)20-5)14-9(2)3/h9,14H,6-8H2,1-5H3,(H,15,19). The lowest BCUT2D eigenvalue weighted by atomic mass is 10.0. The summed E-state index contributed by atoms with van der Waals surface area (Å²) in [6.07, 6.45) is 0.839. The van der Waals surface area contributed by atoms with E-state index < -0.39 is 5.54 Å². The highest BCUT2D eigenvalue weighted by molar-refractivity contribution is 7.99. The molecule has 0 aliphatic rings. The van der Waals surface area contributed by atoms with Crippen molar-refractivity contribution >= 4 is 17.7 Å². The summed E-state index contributed by atoms with van der Waals surface area (Å²) in [5.74, 6) is 0.0925. The first kappa shape index (κ1) is 17.8. The maximum atomic E-state index is 12.0.